The zero-order chi connectivity index (χ0) is 11.3. The smallest absolute Gasteiger partial charge is 0.305 e. The topological polar surface area (TPSA) is 62.0 Å². The molecule has 1 aromatic rings. The Kier molecular flexibility index (Phi) is 3.91. The van der Waals surface area contributed by atoms with Crippen LogP contribution in [0, 0.1) is 5.82 Å². The summed E-state index contributed by atoms with van der Waals surface area (Å²) in [6.07, 6.45) is -0.0648. The molecule has 0 fully saturated rings. The predicted molar refractivity (Wildman–Crippen MR) is 52.6 cm³/mol. The van der Waals surface area contributed by atoms with E-state index in [-0.39, 0.29) is 18.3 Å². The molecule has 4 nitrogen and oxygen atoms in total. The molecule has 1 rings (SSSR count). The van der Waals surface area contributed by atoms with E-state index in [1.165, 1.54) is 24.3 Å². The van der Waals surface area contributed by atoms with Crippen LogP contribution in [-0.2, 0) is 4.79 Å². The quantitative estimate of drug-likeness (QED) is 0.776. The van der Waals surface area contributed by atoms with Crippen LogP contribution in [0.5, 0.6) is 0 Å². The molecule has 1 aromatic carbocycles. The third kappa shape index (κ3) is 4.30. The van der Waals surface area contributed by atoms with E-state index < -0.39 is 5.97 Å². The average molecular weight is 210 g/mol. The lowest BCUT2D eigenvalue weighted by Gasteiger charge is -1.99. The van der Waals surface area contributed by atoms with Gasteiger partial charge in [0.15, 0.2) is 0 Å². The van der Waals surface area contributed by atoms with Crippen LogP contribution in [0.4, 0.5) is 10.1 Å². The molecule has 0 aliphatic carbocycles. The van der Waals surface area contributed by atoms with Gasteiger partial charge in [-0.1, -0.05) is 0 Å². The lowest BCUT2D eigenvalue weighted by atomic mass is 10.2. The summed E-state index contributed by atoms with van der Waals surface area (Å²) < 4.78 is 12.5. The standard InChI is InChI=1S/C10H11FN2O2/c1-7(6-10(14)15)12-13-9-4-2-8(11)3-5-9/h2-5,7H,6H2,1H3,(H,14,15)/b13-12+. The van der Waals surface area contributed by atoms with E-state index >= 15 is 0 Å². The van der Waals surface area contributed by atoms with Crippen molar-refractivity contribution in [3.05, 3.63) is 30.1 Å². The minimum absolute atomic E-state index is 0.0648. The van der Waals surface area contributed by atoms with Crippen molar-refractivity contribution < 1.29 is 14.3 Å². The van der Waals surface area contributed by atoms with Crippen LogP contribution in [0.2, 0.25) is 0 Å². The van der Waals surface area contributed by atoms with Crippen molar-refractivity contribution in [3.8, 4) is 0 Å². The molecule has 0 spiro atoms. The van der Waals surface area contributed by atoms with Gasteiger partial charge in [-0.3, -0.25) is 4.79 Å². The Morgan fingerprint density at radius 3 is 2.60 bits per heavy atom. The van der Waals surface area contributed by atoms with Crippen LogP contribution in [0.1, 0.15) is 13.3 Å². The van der Waals surface area contributed by atoms with Gasteiger partial charge in [0.05, 0.1) is 18.2 Å². The van der Waals surface area contributed by atoms with Crippen molar-refractivity contribution >= 4 is 11.7 Å². The molecule has 0 saturated heterocycles. The number of azo groups is 1. The zero-order valence-electron chi connectivity index (χ0n) is 8.22. The molecule has 5 heteroatoms. The highest BCUT2D eigenvalue weighted by Gasteiger charge is 2.04. The van der Waals surface area contributed by atoms with Crippen LogP contribution in [-0.4, -0.2) is 17.1 Å². The number of aliphatic carboxylic acids is 1. The predicted octanol–water partition coefficient (Wildman–Crippen LogP) is 2.77. The Morgan fingerprint density at radius 2 is 2.07 bits per heavy atom. The SMILES string of the molecule is CC(CC(=O)O)/N=N/c1ccc(F)cc1. The lowest BCUT2D eigenvalue weighted by molar-refractivity contribution is -0.137. The summed E-state index contributed by atoms with van der Waals surface area (Å²) in [4.78, 5) is 10.3. The summed E-state index contributed by atoms with van der Waals surface area (Å²) >= 11 is 0. The second-order valence-electron chi connectivity index (χ2n) is 3.14. The molecule has 0 aliphatic rings. The Morgan fingerprint density at radius 1 is 1.47 bits per heavy atom. The highest BCUT2D eigenvalue weighted by atomic mass is 19.1. The van der Waals surface area contributed by atoms with Gasteiger partial charge in [0.2, 0.25) is 0 Å². The number of hydrogen-bond acceptors (Lipinski definition) is 3. The number of carboxylic acid groups (broad SMARTS) is 1. The number of carbonyl (C=O) groups is 1. The Bertz CT molecular complexity index is 362. The van der Waals surface area contributed by atoms with E-state index in [9.17, 15) is 9.18 Å². The second-order valence-corrected chi connectivity index (χ2v) is 3.14. The van der Waals surface area contributed by atoms with Crippen LogP contribution in [0.25, 0.3) is 0 Å². The first-order valence-electron chi connectivity index (χ1n) is 4.46. The molecule has 0 aromatic heterocycles. The fourth-order valence-electron chi connectivity index (χ4n) is 0.967. The van der Waals surface area contributed by atoms with Crippen molar-refractivity contribution in [1.82, 2.24) is 0 Å². The Hall–Kier alpha value is -1.78. The van der Waals surface area contributed by atoms with Crippen molar-refractivity contribution in [3.63, 3.8) is 0 Å². The van der Waals surface area contributed by atoms with Gasteiger partial charge in [0, 0.05) is 0 Å². The third-order valence-corrected chi connectivity index (χ3v) is 1.67. The van der Waals surface area contributed by atoms with Crippen molar-refractivity contribution in [1.29, 1.82) is 0 Å². The number of benzene rings is 1. The highest BCUT2D eigenvalue weighted by molar-refractivity contribution is 5.67. The van der Waals surface area contributed by atoms with Gasteiger partial charge in [0.1, 0.15) is 5.82 Å². The third-order valence-electron chi connectivity index (χ3n) is 1.67. The maximum absolute atomic E-state index is 12.5. The Balaban J connectivity index is 2.57. The average Bonchev–Trinajstić information content (AvgIpc) is 2.16. The van der Waals surface area contributed by atoms with Crippen LogP contribution >= 0.6 is 0 Å². The van der Waals surface area contributed by atoms with Gasteiger partial charge in [-0.15, -0.1) is 0 Å². The minimum atomic E-state index is -0.916. The number of hydrogen-bond donors (Lipinski definition) is 1. The summed E-state index contributed by atoms with van der Waals surface area (Å²) in [5.41, 5.74) is 0.508. The summed E-state index contributed by atoms with van der Waals surface area (Å²) in [6, 6.07) is 5.12. The van der Waals surface area contributed by atoms with Crippen molar-refractivity contribution in [2.24, 2.45) is 10.2 Å². The number of carboxylic acids is 1. The number of nitrogens with zero attached hydrogens (tertiary/aromatic N) is 2. The van der Waals surface area contributed by atoms with Gasteiger partial charge in [-0.05, 0) is 31.2 Å². The Labute approximate surface area is 86.5 Å². The first kappa shape index (κ1) is 11.3. The van der Waals surface area contributed by atoms with E-state index in [1.807, 2.05) is 0 Å². The van der Waals surface area contributed by atoms with Gasteiger partial charge >= 0.3 is 5.97 Å². The summed E-state index contributed by atoms with van der Waals surface area (Å²) in [7, 11) is 0. The summed E-state index contributed by atoms with van der Waals surface area (Å²) in [5.74, 6) is -1.26. The van der Waals surface area contributed by atoms with E-state index in [0.717, 1.165) is 0 Å². The first-order valence-corrected chi connectivity index (χ1v) is 4.46. The van der Waals surface area contributed by atoms with Crippen LogP contribution in [0.15, 0.2) is 34.5 Å². The first-order chi connectivity index (χ1) is 7.08. The number of halogens is 1. The zero-order valence-corrected chi connectivity index (χ0v) is 8.22. The molecule has 80 valence electrons. The molecular weight excluding hydrogens is 199 g/mol. The molecule has 0 amide bonds. The van der Waals surface area contributed by atoms with Crippen molar-refractivity contribution in [2.75, 3.05) is 0 Å². The van der Waals surface area contributed by atoms with Gasteiger partial charge in [0.25, 0.3) is 0 Å². The van der Waals surface area contributed by atoms with Crippen molar-refractivity contribution in [2.45, 2.75) is 19.4 Å². The number of rotatable bonds is 4. The normalized spacial score (nSPS) is 12.9. The molecule has 0 bridgehead atoms. The largest absolute Gasteiger partial charge is 0.481 e. The molecule has 0 radical (unpaired) electrons. The highest BCUT2D eigenvalue weighted by Crippen LogP contribution is 2.13. The maximum atomic E-state index is 12.5. The van der Waals surface area contributed by atoms with Gasteiger partial charge in [-0.2, -0.15) is 10.2 Å². The van der Waals surface area contributed by atoms with E-state index in [4.69, 9.17) is 5.11 Å². The lowest BCUT2D eigenvalue weighted by Crippen LogP contribution is -2.05. The summed E-state index contributed by atoms with van der Waals surface area (Å²) in [6.45, 7) is 1.65. The van der Waals surface area contributed by atoms with E-state index in [1.54, 1.807) is 6.92 Å². The molecule has 1 unspecified atom stereocenters. The second kappa shape index (κ2) is 5.19. The fourth-order valence-corrected chi connectivity index (χ4v) is 0.967. The molecule has 0 saturated carbocycles. The summed E-state index contributed by atoms with van der Waals surface area (Å²) in [5, 5.41) is 16.0. The maximum Gasteiger partial charge on any atom is 0.305 e. The van der Waals surface area contributed by atoms with E-state index in [2.05, 4.69) is 10.2 Å². The monoisotopic (exact) mass is 210 g/mol. The molecule has 0 heterocycles. The van der Waals surface area contributed by atoms with Gasteiger partial charge in [-0.25, -0.2) is 4.39 Å². The molecule has 1 N–H and O–H groups in total. The molecule has 0 aliphatic heterocycles. The van der Waals surface area contributed by atoms with Gasteiger partial charge < -0.3 is 5.11 Å². The molecule has 15 heavy (non-hydrogen) atoms. The van der Waals surface area contributed by atoms with E-state index in [0.29, 0.717) is 5.69 Å². The molecule has 1 atom stereocenters. The fraction of sp³-hybridized carbons (Fsp3) is 0.300. The minimum Gasteiger partial charge on any atom is -0.481 e. The van der Waals surface area contributed by atoms with Crippen LogP contribution in [0.3, 0.4) is 0 Å². The van der Waals surface area contributed by atoms with Crippen LogP contribution < -0.4 is 0 Å². The molecular formula is C10H11FN2O2.